The fourth-order valence-corrected chi connectivity index (χ4v) is 2.40. The number of ketones is 1. The zero-order chi connectivity index (χ0) is 19.6. The number of hydrogen-bond acceptors (Lipinski definition) is 5. The summed E-state index contributed by atoms with van der Waals surface area (Å²) in [5, 5.41) is 5.57. The third-order valence-electron chi connectivity index (χ3n) is 3.68. The average molecular weight is 372 g/mol. The second kappa shape index (κ2) is 7.45. The molecule has 0 aliphatic rings. The van der Waals surface area contributed by atoms with Crippen LogP contribution in [0.3, 0.4) is 0 Å². The third kappa shape index (κ3) is 4.22. The molecule has 0 amide bonds. The summed E-state index contributed by atoms with van der Waals surface area (Å²) in [7, 11) is 0. The molecule has 0 bridgehead atoms. The first-order valence-corrected chi connectivity index (χ1v) is 7.97. The Labute approximate surface area is 153 Å². The standard InChI is InChI=1S/C19H15F3N4O/c1-10-8-16(24-13-5-3-4-12(9-13)11(2)27)26-19(23-10)25-15-7-6-14(20)17(21)18(15)22/h3-9H,1-2H3,(H2,23,24,25,26). The normalized spacial score (nSPS) is 10.6. The van der Waals surface area contributed by atoms with Crippen LogP contribution in [0, 0.1) is 24.4 Å². The molecule has 3 aromatic rings. The highest BCUT2D eigenvalue weighted by Crippen LogP contribution is 2.24. The van der Waals surface area contributed by atoms with Gasteiger partial charge in [0.05, 0.1) is 5.69 Å². The van der Waals surface area contributed by atoms with Gasteiger partial charge in [-0.1, -0.05) is 12.1 Å². The third-order valence-corrected chi connectivity index (χ3v) is 3.68. The highest BCUT2D eigenvalue weighted by molar-refractivity contribution is 5.95. The van der Waals surface area contributed by atoms with Gasteiger partial charge in [-0.25, -0.2) is 18.2 Å². The highest BCUT2D eigenvalue weighted by atomic mass is 19.2. The maximum absolute atomic E-state index is 13.8. The molecule has 0 atom stereocenters. The summed E-state index contributed by atoms with van der Waals surface area (Å²) in [5.41, 5.74) is 1.43. The van der Waals surface area contributed by atoms with E-state index in [-0.39, 0.29) is 17.4 Å². The largest absolute Gasteiger partial charge is 0.340 e. The molecule has 2 N–H and O–H groups in total. The van der Waals surface area contributed by atoms with E-state index >= 15 is 0 Å². The quantitative estimate of drug-likeness (QED) is 0.493. The number of aryl methyl sites for hydroxylation is 1. The Balaban J connectivity index is 1.88. The Morgan fingerprint density at radius 2 is 1.74 bits per heavy atom. The minimum atomic E-state index is -1.58. The van der Waals surface area contributed by atoms with Gasteiger partial charge >= 0.3 is 0 Å². The van der Waals surface area contributed by atoms with Crippen molar-refractivity contribution >= 4 is 28.9 Å². The zero-order valence-electron chi connectivity index (χ0n) is 14.5. The molecule has 1 aromatic heterocycles. The molecule has 0 aliphatic carbocycles. The Bertz CT molecular complexity index is 1020. The number of carbonyl (C=O) groups excluding carboxylic acids is 1. The first kappa shape index (κ1) is 18.4. The van der Waals surface area contributed by atoms with Crippen LogP contribution in [0.2, 0.25) is 0 Å². The number of Topliss-reactive ketones (excluding diaryl/α,β-unsaturated/α-hetero) is 1. The van der Waals surface area contributed by atoms with E-state index in [2.05, 4.69) is 20.6 Å². The molecule has 0 saturated heterocycles. The first-order chi connectivity index (χ1) is 12.8. The minimum Gasteiger partial charge on any atom is -0.340 e. The maximum Gasteiger partial charge on any atom is 0.229 e. The van der Waals surface area contributed by atoms with Crippen LogP contribution >= 0.6 is 0 Å². The minimum absolute atomic E-state index is 0.00475. The van der Waals surface area contributed by atoms with Gasteiger partial charge in [-0.2, -0.15) is 4.98 Å². The lowest BCUT2D eigenvalue weighted by atomic mass is 10.1. The second-order valence-electron chi connectivity index (χ2n) is 5.83. The Hall–Kier alpha value is -3.42. The van der Waals surface area contributed by atoms with E-state index in [9.17, 15) is 18.0 Å². The molecule has 0 unspecified atom stereocenters. The summed E-state index contributed by atoms with van der Waals surface area (Å²) >= 11 is 0. The Morgan fingerprint density at radius 1 is 0.963 bits per heavy atom. The number of nitrogens with one attached hydrogen (secondary N) is 2. The van der Waals surface area contributed by atoms with Crippen molar-refractivity contribution in [2.24, 2.45) is 0 Å². The number of carbonyl (C=O) groups is 1. The van der Waals surface area contributed by atoms with Crippen molar-refractivity contribution in [3.8, 4) is 0 Å². The van der Waals surface area contributed by atoms with Crippen LogP contribution in [0.15, 0.2) is 42.5 Å². The van der Waals surface area contributed by atoms with Gasteiger partial charge in [0.1, 0.15) is 5.82 Å². The van der Waals surface area contributed by atoms with Crippen LogP contribution in [0.4, 0.5) is 36.3 Å². The van der Waals surface area contributed by atoms with Gasteiger partial charge in [0.2, 0.25) is 5.95 Å². The molecular formula is C19H15F3N4O. The SMILES string of the molecule is CC(=O)c1cccc(Nc2cc(C)nc(Nc3ccc(F)c(F)c3F)n2)c1. The lowest BCUT2D eigenvalue weighted by Gasteiger charge is -2.11. The van der Waals surface area contributed by atoms with Crippen LogP contribution < -0.4 is 10.6 Å². The first-order valence-electron chi connectivity index (χ1n) is 7.97. The fourth-order valence-electron chi connectivity index (χ4n) is 2.40. The van der Waals surface area contributed by atoms with Crippen molar-refractivity contribution in [3.63, 3.8) is 0 Å². The number of hydrogen-bond donors (Lipinski definition) is 2. The van der Waals surface area contributed by atoms with Gasteiger partial charge in [0.15, 0.2) is 23.2 Å². The van der Waals surface area contributed by atoms with E-state index in [1.807, 2.05) is 0 Å². The van der Waals surface area contributed by atoms with E-state index in [4.69, 9.17) is 0 Å². The number of halogens is 3. The van der Waals surface area contributed by atoms with Crippen molar-refractivity contribution < 1.29 is 18.0 Å². The summed E-state index contributed by atoms with van der Waals surface area (Å²) in [6.07, 6.45) is 0. The van der Waals surface area contributed by atoms with Crippen LogP contribution in [-0.4, -0.2) is 15.8 Å². The molecule has 8 heteroatoms. The van der Waals surface area contributed by atoms with Crippen molar-refractivity contribution in [2.75, 3.05) is 10.6 Å². The monoisotopic (exact) mass is 372 g/mol. The molecule has 0 spiro atoms. The molecule has 1 heterocycles. The molecule has 0 radical (unpaired) electrons. The van der Waals surface area contributed by atoms with E-state index in [0.29, 0.717) is 22.8 Å². The van der Waals surface area contributed by atoms with Crippen molar-refractivity contribution in [1.29, 1.82) is 0 Å². The van der Waals surface area contributed by atoms with E-state index < -0.39 is 17.5 Å². The van der Waals surface area contributed by atoms with Gasteiger partial charge in [-0.15, -0.1) is 0 Å². The van der Waals surface area contributed by atoms with Crippen LogP contribution in [-0.2, 0) is 0 Å². The Kier molecular flexibility index (Phi) is 5.07. The fraction of sp³-hybridized carbons (Fsp3) is 0.105. The van der Waals surface area contributed by atoms with Crippen LogP contribution in [0.5, 0.6) is 0 Å². The van der Waals surface area contributed by atoms with Gasteiger partial charge in [-0.3, -0.25) is 4.79 Å². The molecule has 0 fully saturated rings. The predicted octanol–water partition coefficient (Wildman–Crippen LogP) is 4.89. The molecule has 0 aliphatic heterocycles. The summed E-state index contributed by atoms with van der Waals surface area (Å²) in [6, 6.07) is 10.4. The number of benzene rings is 2. The van der Waals surface area contributed by atoms with Gasteiger partial charge in [0, 0.05) is 23.0 Å². The van der Waals surface area contributed by atoms with Crippen LogP contribution in [0.25, 0.3) is 0 Å². The van der Waals surface area contributed by atoms with Gasteiger partial charge in [-0.05, 0) is 38.1 Å². The summed E-state index contributed by atoms with van der Waals surface area (Å²) < 4.78 is 40.3. The number of rotatable bonds is 5. The van der Waals surface area contributed by atoms with Crippen molar-refractivity contribution in [2.45, 2.75) is 13.8 Å². The lowest BCUT2D eigenvalue weighted by molar-refractivity contribution is 0.101. The molecule has 0 saturated carbocycles. The number of aromatic nitrogens is 2. The van der Waals surface area contributed by atoms with E-state index in [1.54, 1.807) is 37.3 Å². The van der Waals surface area contributed by atoms with E-state index in [1.165, 1.54) is 6.92 Å². The molecule has 27 heavy (non-hydrogen) atoms. The lowest BCUT2D eigenvalue weighted by Crippen LogP contribution is -2.05. The Morgan fingerprint density at radius 3 is 2.48 bits per heavy atom. The number of nitrogens with zero attached hydrogens (tertiary/aromatic N) is 2. The summed E-state index contributed by atoms with van der Waals surface area (Å²) in [5.74, 6) is -3.90. The molecule has 138 valence electrons. The topological polar surface area (TPSA) is 66.9 Å². The molecule has 2 aromatic carbocycles. The maximum atomic E-state index is 13.8. The summed E-state index contributed by atoms with van der Waals surface area (Å²) in [6.45, 7) is 3.16. The molecule has 5 nitrogen and oxygen atoms in total. The predicted molar refractivity (Wildman–Crippen MR) is 96.1 cm³/mol. The van der Waals surface area contributed by atoms with Crippen molar-refractivity contribution in [1.82, 2.24) is 9.97 Å². The van der Waals surface area contributed by atoms with E-state index in [0.717, 1.165) is 12.1 Å². The smallest absolute Gasteiger partial charge is 0.229 e. The number of anilines is 4. The molecule has 3 rings (SSSR count). The highest BCUT2D eigenvalue weighted by Gasteiger charge is 2.14. The average Bonchev–Trinajstić information content (AvgIpc) is 2.62. The van der Waals surface area contributed by atoms with Gasteiger partial charge < -0.3 is 10.6 Å². The second-order valence-corrected chi connectivity index (χ2v) is 5.83. The summed E-state index contributed by atoms with van der Waals surface area (Å²) in [4.78, 5) is 19.8. The van der Waals surface area contributed by atoms with Gasteiger partial charge in [0.25, 0.3) is 0 Å². The van der Waals surface area contributed by atoms with Crippen molar-refractivity contribution in [3.05, 3.63) is 71.2 Å². The van der Waals surface area contributed by atoms with Crippen LogP contribution in [0.1, 0.15) is 23.0 Å². The molecular weight excluding hydrogens is 357 g/mol. The zero-order valence-corrected chi connectivity index (χ0v) is 14.5.